The third-order valence-electron chi connectivity index (χ3n) is 4.95. The summed E-state index contributed by atoms with van der Waals surface area (Å²) in [5, 5.41) is 9.89. The van der Waals surface area contributed by atoms with Gasteiger partial charge in [0.2, 0.25) is 0 Å². The predicted octanol–water partition coefficient (Wildman–Crippen LogP) is 1.63. The first-order chi connectivity index (χ1) is 9.74. The van der Waals surface area contributed by atoms with Crippen molar-refractivity contribution in [1.82, 2.24) is 9.80 Å². The lowest BCUT2D eigenvalue weighted by atomic mass is 9.74. The summed E-state index contributed by atoms with van der Waals surface area (Å²) in [4.78, 5) is 17.0. The Hall–Kier alpha value is -0.450. The highest BCUT2D eigenvalue weighted by atomic mass is 16.3. The van der Waals surface area contributed by atoms with E-state index in [0.29, 0.717) is 17.6 Å². The topological polar surface area (TPSA) is 43.8 Å². The van der Waals surface area contributed by atoms with Gasteiger partial charge in [-0.2, -0.15) is 0 Å². The number of nitrogens with zero attached hydrogens (tertiary/aromatic N) is 2. The second kappa shape index (κ2) is 6.76. The molecule has 4 heteroatoms. The molecule has 1 aliphatic heterocycles. The summed E-state index contributed by atoms with van der Waals surface area (Å²) in [7, 11) is 0. The van der Waals surface area contributed by atoms with Crippen LogP contribution in [0.25, 0.3) is 0 Å². The number of carbonyl (C=O) groups is 1. The Morgan fingerprint density at radius 2 is 1.71 bits per heavy atom. The van der Waals surface area contributed by atoms with Gasteiger partial charge in [-0.1, -0.05) is 13.8 Å². The first-order valence-electron chi connectivity index (χ1n) is 8.44. The lowest BCUT2D eigenvalue weighted by molar-refractivity contribution is -0.129. The maximum absolute atomic E-state index is 12.3. The number of carbonyl (C=O) groups excluding carboxylic acids is 1. The van der Waals surface area contributed by atoms with Crippen molar-refractivity contribution in [3.63, 3.8) is 0 Å². The van der Waals surface area contributed by atoms with Crippen molar-refractivity contribution in [2.75, 3.05) is 39.3 Å². The van der Waals surface area contributed by atoms with Gasteiger partial charge < -0.3 is 10.0 Å². The Labute approximate surface area is 129 Å². The summed E-state index contributed by atoms with van der Waals surface area (Å²) in [6, 6.07) is 0. The van der Waals surface area contributed by atoms with Crippen LogP contribution in [0.1, 0.15) is 40.5 Å². The smallest absolute Gasteiger partial charge is 0.137 e. The fourth-order valence-electron chi connectivity index (χ4n) is 3.93. The minimum Gasteiger partial charge on any atom is -0.389 e. The van der Waals surface area contributed by atoms with Crippen LogP contribution in [0, 0.1) is 17.8 Å². The van der Waals surface area contributed by atoms with E-state index in [9.17, 15) is 9.90 Å². The minimum atomic E-state index is -0.619. The molecule has 0 amide bonds. The van der Waals surface area contributed by atoms with E-state index < -0.39 is 5.60 Å². The van der Waals surface area contributed by atoms with Crippen LogP contribution in [0.4, 0.5) is 0 Å². The zero-order chi connectivity index (χ0) is 15.6. The molecule has 0 aromatic heterocycles. The van der Waals surface area contributed by atoms with E-state index in [1.165, 1.54) is 6.42 Å². The second-order valence-corrected chi connectivity index (χ2v) is 7.98. The highest BCUT2D eigenvalue weighted by Gasteiger charge is 2.34. The summed E-state index contributed by atoms with van der Waals surface area (Å²) >= 11 is 0. The molecule has 0 aromatic carbocycles. The van der Waals surface area contributed by atoms with Gasteiger partial charge in [0, 0.05) is 51.6 Å². The molecule has 3 unspecified atom stereocenters. The van der Waals surface area contributed by atoms with Gasteiger partial charge in [-0.15, -0.1) is 0 Å². The fraction of sp³-hybridized carbons (Fsp3) is 0.941. The summed E-state index contributed by atoms with van der Waals surface area (Å²) < 4.78 is 0. The van der Waals surface area contributed by atoms with E-state index in [0.717, 1.165) is 45.7 Å². The van der Waals surface area contributed by atoms with Crippen LogP contribution in [-0.4, -0.2) is 65.6 Å². The zero-order valence-corrected chi connectivity index (χ0v) is 14.1. The Balaban J connectivity index is 1.79. The van der Waals surface area contributed by atoms with Crippen molar-refractivity contribution >= 4 is 5.78 Å². The number of aliphatic hydroxyl groups is 1. The molecule has 0 radical (unpaired) electrons. The average molecular weight is 296 g/mol. The van der Waals surface area contributed by atoms with Crippen LogP contribution < -0.4 is 0 Å². The molecule has 122 valence electrons. The van der Waals surface area contributed by atoms with Crippen molar-refractivity contribution in [2.45, 2.75) is 46.1 Å². The van der Waals surface area contributed by atoms with Gasteiger partial charge in [0.05, 0.1) is 5.60 Å². The van der Waals surface area contributed by atoms with Crippen LogP contribution in [0.5, 0.6) is 0 Å². The standard InChI is InChI=1S/C17H32N2O2/c1-13-9-14(2)15(16(20)10-13)11-18-5-7-19(8-6-18)12-17(3,4)21/h13-15,21H,5-12H2,1-4H3. The minimum absolute atomic E-state index is 0.238. The molecule has 1 heterocycles. The molecule has 1 saturated carbocycles. The molecular weight excluding hydrogens is 264 g/mol. The van der Waals surface area contributed by atoms with E-state index in [-0.39, 0.29) is 5.92 Å². The zero-order valence-electron chi connectivity index (χ0n) is 14.1. The van der Waals surface area contributed by atoms with Gasteiger partial charge in [-0.25, -0.2) is 0 Å². The largest absolute Gasteiger partial charge is 0.389 e. The van der Waals surface area contributed by atoms with E-state index in [1.54, 1.807) is 0 Å². The molecule has 1 aliphatic carbocycles. The lowest BCUT2D eigenvalue weighted by Gasteiger charge is -2.40. The van der Waals surface area contributed by atoms with Gasteiger partial charge in [0.25, 0.3) is 0 Å². The monoisotopic (exact) mass is 296 g/mol. The van der Waals surface area contributed by atoms with Crippen LogP contribution in [0.2, 0.25) is 0 Å². The van der Waals surface area contributed by atoms with Gasteiger partial charge >= 0.3 is 0 Å². The number of hydrogen-bond acceptors (Lipinski definition) is 4. The van der Waals surface area contributed by atoms with Gasteiger partial charge in [0.15, 0.2) is 0 Å². The summed E-state index contributed by atoms with van der Waals surface area (Å²) in [6.45, 7) is 13.9. The summed E-state index contributed by atoms with van der Waals surface area (Å²) in [5.74, 6) is 1.80. The fourth-order valence-corrected chi connectivity index (χ4v) is 3.93. The maximum Gasteiger partial charge on any atom is 0.137 e. The molecule has 0 spiro atoms. The Morgan fingerprint density at radius 3 is 2.24 bits per heavy atom. The highest BCUT2D eigenvalue weighted by Crippen LogP contribution is 2.31. The number of rotatable bonds is 4. The average Bonchev–Trinajstić information content (AvgIpc) is 2.34. The number of Topliss-reactive ketones (excluding diaryl/α,β-unsaturated/α-hetero) is 1. The van der Waals surface area contributed by atoms with Crippen molar-refractivity contribution in [1.29, 1.82) is 0 Å². The predicted molar refractivity (Wildman–Crippen MR) is 85.2 cm³/mol. The molecule has 2 aliphatic rings. The van der Waals surface area contributed by atoms with E-state index >= 15 is 0 Å². The molecule has 1 N–H and O–H groups in total. The summed E-state index contributed by atoms with van der Waals surface area (Å²) in [6.07, 6.45) is 1.96. The highest BCUT2D eigenvalue weighted by molar-refractivity contribution is 5.82. The van der Waals surface area contributed by atoms with E-state index in [4.69, 9.17) is 0 Å². The molecule has 2 rings (SSSR count). The lowest BCUT2D eigenvalue weighted by Crippen LogP contribution is -2.52. The van der Waals surface area contributed by atoms with Gasteiger partial charge in [-0.3, -0.25) is 9.69 Å². The SMILES string of the molecule is CC1CC(=O)C(CN2CCN(CC(C)(C)O)CC2)C(C)C1. The van der Waals surface area contributed by atoms with Crippen molar-refractivity contribution in [3.8, 4) is 0 Å². The van der Waals surface area contributed by atoms with Crippen molar-refractivity contribution in [3.05, 3.63) is 0 Å². The first-order valence-corrected chi connectivity index (χ1v) is 8.44. The molecule has 4 nitrogen and oxygen atoms in total. The Bertz CT molecular complexity index is 356. The van der Waals surface area contributed by atoms with E-state index in [1.807, 2.05) is 13.8 Å². The summed E-state index contributed by atoms with van der Waals surface area (Å²) in [5.41, 5.74) is -0.619. The van der Waals surface area contributed by atoms with Gasteiger partial charge in [-0.05, 0) is 32.1 Å². The Kier molecular flexibility index (Phi) is 5.44. The quantitative estimate of drug-likeness (QED) is 0.856. The molecule has 0 bridgehead atoms. The Morgan fingerprint density at radius 1 is 1.14 bits per heavy atom. The van der Waals surface area contributed by atoms with Crippen LogP contribution >= 0.6 is 0 Å². The normalized spacial score (nSPS) is 33.4. The maximum atomic E-state index is 12.3. The molecule has 21 heavy (non-hydrogen) atoms. The van der Waals surface area contributed by atoms with Crippen LogP contribution in [0.3, 0.4) is 0 Å². The number of piperazine rings is 1. The molecule has 1 saturated heterocycles. The number of β-amino-alcohol motifs (C(OH)–C–C–N with tert-alkyl or cyclic N) is 1. The molecular formula is C17H32N2O2. The molecule has 0 aromatic rings. The third kappa shape index (κ3) is 5.04. The first kappa shape index (κ1) is 16.9. The second-order valence-electron chi connectivity index (χ2n) is 7.98. The third-order valence-corrected chi connectivity index (χ3v) is 4.95. The van der Waals surface area contributed by atoms with Crippen LogP contribution in [-0.2, 0) is 4.79 Å². The van der Waals surface area contributed by atoms with Crippen LogP contribution in [0.15, 0.2) is 0 Å². The van der Waals surface area contributed by atoms with Crippen molar-refractivity contribution in [2.24, 2.45) is 17.8 Å². The van der Waals surface area contributed by atoms with Gasteiger partial charge in [0.1, 0.15) is 5.78 Å². The number of ketones is 1. The number of hydrogen-bond donors (Lipinski definition) is 1. The van der Waals surface area contributed by atoms with E-state index in [2.05, 4.69) is 23.6 Å². The molecule has 2 fully saturated rings. The van der Waals surface area contributed by atoms with Crippen molar-refractivity contribution < 1.29 is 9.90 Å². The molecule has 3 atom stereocenters.